The number of likely N-dealkylation sites (N-methyl/N-ethyl adjacent to an activating group) is 1. The van der Waals surface area contributed by atoms with Gasteiger partial charge in [0.2, 0.25) is 5.91 Å². The number of nitrogens with zero attached hydrogens (tertiary/aromatic N) is 2. The summed E-state index contributed by atoms with van der Waals surface area (Å²) in [7, 11) is 1.91. The second kappa shape index (κ2) is 15.3. The smallest absolute Gasteiger partial charge is 0.246 e. The topological polar surface area (TPSA) is 49.3 Å². The fourth-order valence-corrected chi connectivity index (χ4v) is 7.58. The molecule has 0 bridgehead atoms. The van der Waals surface area contributed by atoms with Crippen LogP contribution in [-0.2, 0) is 4.79 Å². The highest BCUT2D eigenvalue weighted by Gasteiger charge is 2.38. The Kier molecular flexibility index (Phi) is 10.6. The molecule has 0 radical (unpaired) electrons. The lowest BCUT2D eigenvalue weighted by atomic mass is 9.85. The molecule has 1 amide bonds. The maximum Gasteiger partial charge on any atom is 0.246 e. The summed E-state index contributed by atoms with van der Waals surface area (Å²) in [4.78, 5) is 16.4. The number of hydrogen-bond donors (Lipinski definition) is 2. The highest BCUT2D eigenvalue weighted by molar-refractivity contribution is 7.80. The van der Waals surface area contributed by atoms with E-state index in [1.54, 1.807) is 0 Å². The number of benzene rings is 4. The summed E-state index contributed by atoms with van der Waals surface area (Å²) in [5.41, 5.74) is 6.53. The van der Waals surface area contributed by atoms with Crippen LogP contribution in [0.15, 0.2) is 133 Å². The summed E-state index contributed by atoms with van der Waals surface area (Å²) < 4.78 is 2.52. The van der Waals surface area contributed by atoms with Gasteiger partial charge < -0.3 is 20.1 Å². The van der Waals surface area contributed by atoms with Crippen molar-refractivity contribution >= 4 is 23.2 Å². The number of carbonyl (C=O) groups excluding carboxylic acids is 1. The number of aromatic nitrogens is 1. The predicted molar refractivity (Wildman–Crippen MR) is 206 cm³/mol. The van der Waals surface area contributed by atoms with Gasteiger partial charge in [-0.2, -0.15) is 0 Å². The van der Waals surface area contributed by atoms with Gasteiger partial charge >= 0.3 is 0 Å². The minimum Gasteiger partial charge on any atom is -0.358 e. The van der Waals surface area contributed by atoms with E-state index in [-0.39, 0.29) is 24.0 Å². The molecule has 2 N–H and O–H groups in total. The average Bonchev–Trinajstić information content (AvgIpc) is 3.57. The third-order valence-corrected chi connectivity index (χ3v) is 10.0. The van der Waals surface area contributed by atoms with E-state index in [2.05, 4.69) is 133 Å². The van der Waals surface area contributed by atoms with Crippen molar-refractivity contribution in [2.45, 2.75) is 70.6 Å². The lowest BCUT2D eigenvalue weighted by Gasteiger charge is -2.40. The average molecular weight is 669 g/mol. The highest BCUT2D eigenvalue weighted by atomic mass is 32.1. The van der Waals surface area contributed by atoms with Gasteiger partial charge in [0.1, 0.15) is 6.04 Å². The van der Waals surface area contributed by atoms with Crippen molar-refractivity contribution in [1.82, 2.24) is 20.1 Å². The van der Waals surface area contributed by atoms with Gasteiger partial charge in [0.15, 0.2) is 5.11 Å². The summed E-state index contributed by atoms with van der Waals surface area (Å²) >= 11 is 6.07. The summed E-state index contributed by atoms with van der Waals surface area (Å²) in [5, 5.41) is 7.77. The van der Waals surface area contributed by atoms with Crippen molar-refractivity contribution in [2.24, 2.45) is 5.41 Å². The molecule has 1 heterocycles. The Morgan fingerprint density at radius 1 is 0.714 bits per heavy atom. The van der Waals surface area contributed by atoms with Gasteiger partial charge in [-0.1, -0.05) is 155 Å². The fraction of sp³-hybridized carbons (Fsp3) is 0.302. The van der Waals surface area contributed by atoms with Gasteiger partial charge in [0.25, 0.3) is 0 Å². The normalized spacial score (nSPS) is 16.9. The third kappa shape index (κ3) is 7.81. The molecule has 6 heteroatoms. The first-order valence-corrected chi connectivity index (χ1v) is 17.9. The van der Waals surface area contributed by atoms with Crippen LogP contribution >= 0.6 is 12.2 Å². The van der Waals surface area contributed by atoms with Crippen LogP contribution in [0.4, 0.5) is 0 Å². The summed E-state index contributed by atoms with van der Waals surface area (Å²) in [6, 6.07) is 45.8. The Balaban J connectivity index is 1.28. The standard InChI is InChI=1S/C43H48N4OS/c1-43(2,3)40(41(48)46(4)39(33-23-13-7-14-24-33)34-25-15-8-16-26-34)45-42(49)44-35-27-17-18-28-38(35)47-36(31-19-9-5-10-20-31)29-30-37(47)32-21-11-6-12-22-32/h5-16,19-26,29-30,35,38-40H,17-18,27-28H2,1-4H3,(H2,44,45,49)/t35?,38?,40-/m1/s1. The van der Waals surface area contributed by atoms with Crippen LogP contribution < -0.4 is 10.6 Å². The predicted octanol–water partition coefficient (Wildman–Crippen LogP) is 9.43. The first-order chi connectivity index (χ1) is 23.7. The van der Waals surface area contributed by atoms with Crippen LogP contribution in [0.25, 0.3) is 22.5 Å². The van der Waals surface area contributed by atoms with Gasteiger partial charge in [0.05, 0.1) is 12.1 Å². The maximum absolute atomic E-state index is 14.5. The van der Waals surface area contributed by atoms with Gasteiger partial charge in [-0.25, -0.2) is 0 Å². The minimum absolute atomic E-state index is 0.00214. The molecule has 1 saturated carbocycles. The quantitative estimate of drug-likeness (QED) is 0.154. The van der Waals surface area contributed by atoms with Crippen molar-refractivity contribution in [1.29, 1.82) is 0 Å². The van der Waals surface area contributed by atoms with Crippen LogP contribution in [-0.4, -0.2) is 39.6 Å². The van der Waals surface area contributed by atoms with Crippen LogP contribution in [0.2, 0.25) is 0 Å². The number of amides is 1. The van der Waals surface area contributed by atoms with Gasteiger partial charge in [-0.15, -0.1) is 0 Å². The van der Waals surface area contributed by atoms with Gasteiger partial charge in [0, 0.05) is 24.5 Å². The molecule has 1 fully saturated rings. The second-order valence-corrected chi connectivity index (χ2v) is 14.7. The van der Waals surface area contributed by atoms with Gasteiger partial charge in [-0.05, 0) is 64.9 Å². The van der Waals surface area contributed by atoms with E-state index in [4.69, 9.17) is 12.2 Å². The van der Waals surface area contributed by atoms with E-state index in [1.807, 2.05) is 48.3 Å². The Morgan fingerprint density at radius 2 is 1.16 bits per heavy atom. The molecule has 0 saturated heterocycles. The molecule has 2 unspecified atom stereocenters. The molecule has 1 aromatic heterocycles. The van der Waals surface area contributed by atoms with Crippen molar-refractivity contribution in [3.63, 3.8) is 0 Å². The zero-order valence-electron chi connectivity index (χ0n) is 29.1. The number of hydrogen-bond acceptors (Lipinski definition) is 2. The molecule has 5 aromatic rings. The Labute approximate surface area is 297 Å². The molecule has 49 heavy (non-hydrogen) atoms. The van der Waals surface area contributed by atoms with E-state index in [0.717, 1.165) is 36.8 Å². The van der Waals surface area contributed by atoms with Crippen LogP contribution in [0.3, 0.4) is 0 Å². The van der Waals surface area contributed by atoms with Crippen LogP contribution in [0, 0.1) is 5.41 Å². The number of thiocarbonyl (C=S) groups is 1. The lowest BCUT2D eigenvalue weighted by molar-refractivity contribution is -0.135. The fourth-order valence-electron chi connectivity index (χ4n) is 7.31. The number of carbonyl (C=O) groups is 1. The monoisotopic (exact) mass is 668 g/mol. The van der Waals surface area contributed by atoms with Crippen LogP contribution in [0.5, 0.6) is 0 Å². The SMILES string of the molecule is CN(C(=O)[C@@H](NC(=S)NC1CCCCC1n1c(-c2ccccc2)ccc1-c1ccccc1)C(C)(C)C)C(c1ccccc1)c1ccccc1. The molecule has 0 spiro atoms. The third-order valence-electron chi connectivity index (χ3n) is 9.79. The molecule has 5 nitrogen and oxygen atoms in total. The molecular weight excluding hydrogens is 621 g/mol. The molecule has 4 aromatic carbocycles. The molecule has 1 aliphatic rings. The van der Waals surface area contributed by atoms with E-state index in [9.17, 15) is 4.79 Å². The Bertz CT molecular complexity index is 1720. The van der Waals surface area contributed by atoms with Gasteiger partial charge in [-0.3, -0.25) is 4.79 Å². The van der Waals surface area contributed by atoms with Crippen LogP contribution in [0.1, 0.15) is 69.7 Å². The lowest BCUT2D eigenvalue weighted by Crippen LogP contribution is -2.58. The van der Waals surface area contributed by atoms with E-state index >= 15 is 0 Å². The summed E-state index contributed by atoms with van der Waals surface area (Å²) in [6.45, 7) is 6.29. The van der Waals surface area contributed by atoms with E-state index in [1.165, 1.54) is 22.5 Å². The minimum atomic E-state index is -0.541. The summed E-state index contributed by atoms with van der Waals surface area (Å²) in [5.74, 6) is -0.00214. The first-order valence-electron chi connectivity index (χ1n) is 17.5. The van der Waals surface area contributed by atoms with Crippen molar-refractivity contribution in [3.05, 3.63) is 145 Å². The zero-order chi connectivity index (χ0) is 34.4. The largest absolute Gasteiger partial charge is 0.358 e. The second-order valence-electron chi connectivity index (χ2n) is 14.3. The zero-order valence-corrected chi connectivity index (χ0v) is 29.9. The summed E-state index contributed by atoms with van der Waals surface area (Å²) in [6.07, 6.45) is 4.30. The van der Waals surface area contributed by atoms with Crippen molar-refractivity contribution in [2.75, 3.05) is 7.05 Å². The molecule has 3 atom stereocenters. The van der Waals surface area contributed by atoms with Crippen molar-refractivity contribution < 1.29 is 4.79 Å². The number of rotatable bonds is 9. The molecule has 6 rings (SSSR count). The number of nitrogens with one attached hydrogen (secondary N) is 2. The molecule has 1 aliphatic carbocycles. The molecular formula is C43H48N4OS. The Hall–Kier alpha value is -4.68. The van der Waals surface area contributed by atoms with E-state index < -0.39 is 11.5 Å². The molecule has 252 valence electrons. The Morgan fingerprint density at radius 3 is 1.63 bits per heavy atom. The highest BCUT2D eigenvalue weighted by Crippen LogP contribution is 2.39. The van der Waals surface area contributed by atoms with E-state index in [0.29, 0.717) is 5.11 Å². The molecule has 0 aliphatic heterocycles. The maximum atomic E-state index is 14.5. The first kappa shape index (κ1) is 34.2. The van der Waals surface area contributed by atoms with Crippen molar-refractivity contribution in [3.8, 4) is 22.5 Å².